The minimum atomic E-state index is 0.452. The molecule has 0 aromatic heterocycles. The summed E-state index contributed by atoms with van der Waals surface area (Å²) in [6.07, 6.45) is 3.41. The maximum Gasteiger partial charge on any atom is 0.0908 e. The normalized spacial score (nSPS) is 8.50. The standard InChI is InChI=1S/C4H4BN/c5-3-1-2-4-6/h1-2H,3H2/b2-1-. The first-order valence-corrected chi connectivity index (χ1v) is 1.66. The first kappa shape index (κ1) is 5.29. The summed E-state index contributed by atoms with van der Waals surface area (Å²) in [7, 11) is 4.98. The molecular formula is C4H4BN. The van der Waals surface area contributed by atoms with Crippen molar-refractivity contribution in [1.82, 2.24) is 0 Å². The third-order valence-corrected chi connectivity index (χ3v) is 0.328. The van der Waals surface area contributed by atoms with Crippen molar-refractivity contribution in [2.75, 3.05) is 0 Å². The Morgan fingerprint density at radius 1 is 1.83 bits per heavy atom. The SMILES string of the molecule is [B]C/C=C\C#N. The summed E-state index contributed by atoms with van der Waals surface area (Å²) in [5, 5.41) is 7.80. The number of rotatable bonds is 1. The van der Waals surface area contributed by atoms with E-state index in [0.29, 0.717) is 6.32 Å². The molecule has 0 spiro atoms. The second kappa shape index (κ2) is 4.29. The van der Waals surface area contributed by atoms with Crippen LogP contribution in [0.25, 0.3) is 0 Å². The molecule has 0 aromatic carbocycles. The maximum atomic E-state index is 7.80. The average molecular weight is 76.9 g/mol. The van der Waals surface area contributed by atoms with Gasteiger partial charge in [0.15, 0.2) is 0 Å². The van der Waals surface area contributed by atoms with Gasteiger partial charge in [-0.1, -0.05) is 12.4 Å². The van der Waals surface area contributed by atoms with Gasteiger partial charge in [0.05, 0.1) is 13.9 Å². The molecule has 0 amide bonds. The van der Waals surface area contributed by atoms with E-state index in [4.69, 9.17) is 13.1 Å². The van der Waals surface area contributed by atoms with Gasteiger partial charge in [0, 0.05) is 6.08 Å². The van der Waals surface area contributed by atoms with Gasteiger partial charge in [-0.25, -0.2) is 0 Å². The monoisotopic (exact) mass is 77.0 g/mol. The predicted molar refractivity (Wildman–Crippen MR) is 25.3 cm³/mol. The zero-order chi connectivity index (χ0) is 4.83. The first-order valence-electron chi connectivity index (χ1n) is 1.66. The van der Waals surface area contributed by atoms with Crippen molar-refractivity contribution >= 4 is 7.85 Å². The Balaban J connectivity index is 3.02. The van der Waals surface area contributed by atoms with Crippen molar-refractivity contribution in [3.05, 3.63) is 12.2 Å². The van der Waals surface area contributed by atoms with Crippen LogP contribution in [0.2, 0.25) is 6.32 Å². The lowest BCUT2D eigenvalue weighted by atomic mass is 10.1. The zero-order valence-electron chi connectivity index (χ0n) is 3.39. The van der Waals surface area contributed by atoms with Crippen LogP contribution in [0.1, 0.15) is 0 Å². The lowest BCUT2D eigenvalue weighted by Gasteiger charge is -1.63. The molecule has 2 radical (unpaired) electrons. The summed E-state index contributed by atoms with van der Waals surface area (Å²) >= 11 is 0. The second-order valence-corrected chi connectivity index (χ2v) is 0.767. The van der Waals surface area contributed by atoms with E-state index in [1.54, 1.807) is 6.08 Å². The molecule has 0 rings (SSSR count). The van der Waals surface area contributed by atoms with Crippen molar-refractivity contribution in [3.63, 3.8) is 0 Å². The van der Waals surface area contributed by atoms with Crippen molar-refractivity contribution in [2.45, 2.75) is 6.32 Å². The van der Waals surface area contributed by atoms with Gasteiger partial charge in [0.1, 0.15) is 0 Å². The van der Waals surface area contributed by atoms with E-state index in [9.17, 15) is 0 Å². The van der Waals surface area contributed by atoms with Crippen LogP contribution in [0.4, 0.5) is 0 Å². The molecule has 6 heavy (non-hydrogen) atoms. The highest BCUT2D eigenvalue weighted by atomic mass is 14.2. The third-order valence-electron chi connectivity index (χ3n) is 0.328. The van der Waals surface area contributed by atoms with E-state index in [-0.39, 0.29) is 0 Å². The van der Waals surface area contributed by atoms with E-state index in [2.05, 4.69) is 0 Å². The molecule has 0 saturated heterocycles. The van der Waals surface area contributed by atoms with Gasteiger partial charge in [-0.3, -0.25) is 0 Å². The molecule has 1 nitrogen and oxygen atoms in total. The highest BCUT2D eigenvalue weighted by molar-refractivity contribution is 6.09. The Bertz CT molecular complexity index is 80.0. The first-order chi connectivity index (χ1) is 2.91. The Hall–Kier alpha value is -0.705. The minimum Gasteiger partial charge on any atom is -0.193 e. The van der Waals surface area contributed by atoms with Gasteiger partial charge in [0.25, 0.3) is 0 Å². The molecular weight excluding hydrogens is 72.9 g/mol. The number of allylic oxidation sites excluding steroid dienone is 2. The highest BCUT2D eigenvalue weighted by Crippen LogP contribution is 1.71. The molecule has 0 saturated carbocycles. The Labute approximate surface area is 38.7 Å². The van der Waals surface area contributed by atoms with Gasteiger partial charge in [-0.05, 0) is 0 Å². The quantitative estimate of drug-likeness (QED) is 0.333. The molecule has 0 aliphatic rings. The van der Waals surface area contributed by atoms with Crippen molar-refractivity contribution in [2.24, 2.45) is 0 Å². The number of nitrogens with zero attached hydrogens (tertiary/aromatic N) is 1. The topological polar surface area (TPSA) is 23.8 Å². The molecule has 28 valence electrons. The molecule has 0 fully saturated rings. The van der Waals surface area contributed by atoms with Crippen molar-refractivity contribution in [3.8, 4) is 6.07 Å². The highest BCUT2D eigenvalue weighted by Gasteiger charge is 1.58. The number of nitriles is 1. The fourth-order valence-corrected chi connectivity index (χ4v) is 0.121. The molecule has 0 aliphatic carbocycles. The third kappa shape index (κ3) is 3.29. The molecule has 2 heteroatoms. The Kier molecular flexibility index (Phi) is 3.79. The fourth-order valence-electron chi connectivity index (χ4n) is 0.121. The molecule has 0 aromatic rings. The van der Waals surface area contributed by atoms with Crippen molar-refractivity contribution < 1.29 is 0 Å². The zero-order valence-corrected chi connectivity index (χ0v) is 3.39. The van der Waals surface area contributed by atoms with Gasteiger partial charge < -0.3 is 0 Å². The molecule has 0 atom stereocenters. The van der Waals surface area contributed by atoms with Crippen molar-refractivity contribution in [1.29, 1.82) is 5.26 Å². The number of hydrogen-bond donors (Lipinski definition) is 0. The summed E-state index contributed by atoms with van der Waals surface area (Å²) in [6, 6.07) is 1.81. The largest absolute Gasteiger partial charge is 0.193 e. The summed E-state index contributed by atoms with van der Waals surface area (Å²) < 4.78 is 0. The van der Waals surface area contributed by atoms with Gasteiger partial charge >= 0.3 is 0 Å². The van der Waals surface area contributed by atoms with Crippen LogP contribution >= 0.6 is 0 Å². The van der Waals surface area contributed by atoms with Gasteiger partial charge in [0.2, 0.25) is 0 Å². The van der Waals surface area contributed by atoms with Crippen LogP contribution < -0.4 is 0 Å². The van der Waals surface area contributed by atoms with Crippen LogP contribution in [0.3, 0.4) is 0 Å². The van der Waals surface area contributed by atoms with E-state index < -0.39 is 0 Å². The minimum absolute atomic E-state index is 0.452. The summed E-state index contributed by atoms with van der Waals surface area (Å²) in [5.74, 6) is 0. The molecule has 0 unspecified atom stereocenters. The predicted octanol–water partition coefficient (Wildman–Crippen LogP) is 0.653. The number of hydrogen-bond acceptors (Lipinski definition) is 1. The molecule has 0 bridgehead atoms. The van der Waals surface area contributed by atoms with Gasteiger partial charge in [-0.2, -0.15) is 5.26 Å². The average Bonchev–Trinajstić information content (AvgIpc) is 1.61. The Morgan fingerprint density at radius 2 is 2.50 bits per heavy atom. The maximum absolute atomic E-state index is 7.80. The lowest BCUT2D eigenvalue weighted by molar-refractivity contribution is 1.53. The summed E-state index contributed by atoms with van der Waals surface area (Å²) in [4.78, 5) is 0. The van der Waals surface area contributed by atoms with E-state index >= 15 is 0 Å². The fraction of sp³-hybridized carbons (Fsp3) is 0.250. The lowest BCUT2D eigenvalue weighted by Crippen LogP contribution is -1.53. The van der Waals surface area contributed by atoms with Crippen LogP contribution in [0.5, 0.6) is 0 Å². The summed E-state index contributed by atoms with van der Waals surface area (Å²) in [6.45, 7) is 0. The van der Waals surface area contributed by atoms with Gasteiger partial charge in [-0.15, -0.1) is 0 Å². The smallest absolute Gasteiger partial charge is 0.0908 e. The van der Waals surface area contributed by atoms with E-state index in [0.717, 1.165) is 0 Å². The molecule has 0 N–H and O–H groups in total. The van der Waals surface area contributed by atoms with Crippen LogP contribution in [0, 0.1) is 11.3 Å². The van der Waals surface area contributed by atoms with E-state index in [1.165, 1.54) is 6.08 Å². The summed E-state index contributed by atoms with van der Waals surface area (Å²) in [5.41, 5.74) is 0. The van der Waals surface area contributed by atoms with E-state index in [1.807, 2.05) is 6.07 Å². The Morgan fingerprint density at radius 3 is 2.67 bits per heavy atom. The molecule has 0 heterocycles. The van der Waals surface area contributed by atoms with Crippen LogP contribution in [0.15, 0.2) is 12.2 Å². The van der Waals surface area contributed by atoms with Crippen LogP contribution in [-0.2, 0) is 0 Å². The molecule has 0 aliphatic heterocycles. The second-order valence-electron chi connectivity index (χ2n) is 0.767. The van der Waals surface area contributed by atoms with Crippen LogP contribution in [-0.4, -0.2) is 7.85 Å².